The van der Waals surface area contributed by atoms with Crippen LogP contribution in [0.4, 0.5) is 0 Å². The molecule has 0 saturated heterocycles. The van der Waals surface area contributed by atoms with Crippen LogP contribution >= 0.6 is 0 Å². The fraction of sp³-hybridized carbons (Fsp3) is 0.833. The topological polar surface area (TPSA) is 66.4 Å². The Balaban J connectivity index is 2.54. The van der Waals surface area contributed by atoms with Gasteiger partial charge in [0.05, 0.1) is 11.8 Å². The molecule has 1 rings (SSSR count). The largest absolute Gasteiger partial charge is 0.481 e. The molecule has 2 N–H and O–H groups in total. The maximum absolute atomic E-state index is 11.8. The van der Waals surface area contributed by atoms with Gasteiger partial charge in [-0.1, -0.05) is 26.7 Å². The standard InChI is InChI=1S/C12H21NO3/c1-8(2)7-13-11(14)9-5-3-4-6-10(9)12(15)16/h8-10H,3-7H2,1-2H3,(H,13,14)(H,15,16)/t9-,10-/m0/s1. The lowest BCUT2D eigenvalue weighted by Gasteiger charge is -2.27. The molecule has 4 heteroatoms. The highest BCUT2D eigenvalue weighted by atomic mass is 16.4. The number of rotatable bonds is 4. The van der Waals surface area contributed by atoms with Gasteiger partial charge in [0.25, 0.3) is 0 Å². The first kappa shape index (κ1) is 13.0. The number of amides is 1. The summed E-state index contributed by atoms with van der Waals surface area (Å²) in [7, 11) is 0. The van der Waals surface area contributed by atoms with Gasteiger partial charge in [-0.3, -0.25) is 9.59 Å². The molecule has 4 nitrogen and oxygen atoms in total. The van der Waals surface area contributed by atoms with Crippen LogP contribution in [0.2, 0.25) is 0 Å². The van der Waals surface area contributed by atoms with Crippen molar-refractivity contribution in [1.29, 1.82) is 0 Å². The first-order chi connectivity index (χ1) is 7.52. The van der Waals surface area contributed by atoms with Gasteiger partial charge in [-0.25, -0.2) is 0 Å². The quantitative estimate of drug-likeness (QED) is 0.767. The van der Waals surface area contributed by atoms with E-state index >= 15 is 0 Å². The van der Waals surface area contributed by atoms with Crippen LogP contribution in [-0.4, -0.2) is 23.5 Å². The number of hydrogen-bond acceptors (Lipinski definition) is 2. The minimum Gasteiger partial charge on any atom is -0.481 e. The molecule has 0 aromatic heterocycles. The first-order valence-electron chi connectivity index (χ1n) is 6.03. The van der Waals surface area contributed by atoms with Crippen LogP contribution < -0.4 is 5.32 Å². The van der Waals surface area contributed by atoms with Crippen LogP contribution in [0.25, 0.3) is 0 Å². The molecular formula is C12H21NO3. The molecule has 0 bridgehead atoms. The van der Waals surface area contributed by atoms with E-state index in [-0.39, 0.29) is 11.8 Å². The zero-order valence-corrected chi connectivity index (χ0v) is 10.0. The predicted molar refractivity (Wildman–Crippen MR) is 60.9 cm³/mol. The van der Waals surface area contributed by atoms with E-state index in [0.29, 0.717) is 25.3 Å². The highest BCUT2D eigenvalue weighted by Gasteiger charge is 2.35. The third kappa shape index (κ3) is 3.51. The Kier molecular flexibility index (Phi) is 4.77. The van der Waals surface area contributed by atoms with Gasteiger partial charge in [-0.15, -0.1) is 0 Å². The van der Waals surface area contributed by atoms with Crippen LogP contribution in [0, 0.1) is 17.8 Å². The zero-order chi connectivity index (χ0) is 12.1. The molecule has 1 aliphatic rings. The second kappa shape index (κ2) is 5.87. The highest BCUT2D eigenvalue weighted by molar-refractivity contribution is 5.84. The second-order valence-electron chi connectivity index (χ2n) is 4.97. The van der Waals surface area contributed by atoms with Gasteiger partial charge in [0.1, 0.15) is 0 Å². The summed E-state index contributed by atoms with van der Waals surface area (Å²) in [4.78, 5) is 22.9. The molecule has 0 spiro atoms. The minimum atomic E-state index is -0.829. The summed E-state index contributed by atoms with van der Waals surface area (Å²) in [5.41, 5.74) is 0. The van der Waals surface area contributed by atoms with Crippen LogP contribution in [-0.2, 0) is 9.59 Å². The smallest absolute Gasteiger partial charge is 0.307 e. The van der Waals surface area contributed by atoms with E-state index in [9.17, 15) is 9.59 Å². The Morgan fingerprint density at radius 1 is 1.25 bits per heavy atom. The normalized spacial score (nSPS) is 25.4. The molecule has 0 radical (unpaired) electrons. The van der Waals surface area contributed by atoms with Gasteiger partial charge in [-0.2, -0.15) is 0 Å². The lowest BCUT2D eigenvalue weighted by Crippen LogP contribution is -2.40. The van der Waals surface area contributed by atoms with Crippen molar-refractivity contribution in [3.63, 3.8) is 0 Å². The summed E-state index contributed by atoms with van der Waals surface area (Å²) in [6.45, 7) is 4.67. The molecule has 16 heavy (non-hydrogen) atoms. The van der Waals surface area contributed by atoms with Gasteiger partial charge in [0.15, 0.2) is 0 Å². The van der Waals surface area contributed by atoms with E-state index in [0.717, 1.165) is 12.8 Å². The van der Waals surface area contributed by atoms with Crippen molar-refractivity contribution >= 4 is 11.9 Å². The monoisotopic (exact) mass is 227 g/mol. The lowest BCUT2D eigenvalue weighted by atomic mass is 9.78. The van der Waals surface area contributed by atoms with E-state index < -0.39 is 11.9 Å². The van der Waals surface area contributed by atoms with E-state index in [1.807, 2.05) is 13.8 Å². The van der Waals surface area contributed by atoms with E-state index in [1.54, 1.807) is 0 Å². The molecular weight excluding hydrogens is 206 g/mol. The molecule has 0 unspecified atom stereocenters. The molecule has 1 amide bonds. The lowest BCUT2D eigenvalue weighted by molar-refractivity contribution is -0.148. The fourth-order valence-corrected chi connectivity index (χ4v) is 2.18. The number of hydrogen-bond donors (Lipinski definition) is 2. The van der Waals surface area contributed by atoms with E-state index in [4.69, 9.17) is 5.11 Å². The third-order valence-electron chi connectivity index (χ3n) is 3.10. The molecule has 2 atom stereocenters. The van der Waals surface area contributed by atoms with Crippen molar-refractivity contribution in [2.45, 2.75) is 39.5 Å². The van der Waals surface area contributed by atoms with E-state index in [1.165, 1.54) is 0 Å². The Hall–Kier alpha value is -1.06. The number of carbonyl (C=O) groups is 2. The molecule has 0 aliphatic heterocycles. The minimum absolute atomic E-state index is 0.0826. The van der Waals surface area contributed by atoms with Crippen LogP contribution in [0.1, 0.15) is 39.5 Å². The molecule has 92 valence electrons. The maximum Gasteiger partial charge on any atom is 0.307 e. The molecule has 1 fully saturated rings. The van der Waals surface area contributed by atoms with Gasteiger partial charge < -0.3 is 10.4 Å². The number of carboxylic acid groups (broad SMARTS) is 1. The van der Waals surface area contributed by atoms with Crippen molar-refractivity contribution in [3.05, 3.63) is 0 Å². The average Bonchev–Trinajstić information content (AvgIpc) is 2.25. The summed E-state index contributed by atoms with van der Waals surface area (Å²) in [5, 5.41) is 11.9. The Morgan fingerprint density at radius 2 is 1.81 bits per heavy atom. The summed E-state index contributed by atoms with van der Waals surface area (Å²) in [6, 6.07) is 0. The Labute approximate surface area is 96.4 Å². The molecule has 0 aromatic rings. The summed E-state index contributed by atoms with van der Waals surface area (Å²) in [5.74, 6) is -1.33. The number of nitrogens with one attached hydrogen (secondary N) is 1. The highest BCUT2D eigenvalue weighted by Crippen LogP contribution is 2.30. The van der Waals surface area contributed by atoms with Crippen molar-refractivity contribution < 1.29 is 14.7 Å². The van der Waals surface area contributed by atoms with Crippen molar-refractivity contribution in [2.75, 3.05) is 6.54 Å². The van der Waals surface area contributed by atoms with Gasteiger partial charge >= 0.3 is 5.97 Å². The summed E-state index contributed by atoms with van der Waals surface area (Å²) in [6.07, 6.45) is 3.23. The van der Waals surface area contributed by atoms with Crippen LogP contribution in [0.5, 0.6) is 0 Å². The van der Waals surface area contributed by atoms with Gasteiger partial charge in [0, 0.05) is 6.54 Å². The van der Waals surface area contributed by atoms with Gasteiger partial charge in [0.2, 0.25) is 5.91 Å². The Bertz CT molecular complexity index is 263. The summed E-state index contributed by atoms with van der Waals surface area (Å²) < 4.78 is 0. The van der Waals surface area contributed by atoms with Crippen molar-refractivity contribution in [3.8, 4) is 0 Å². The van der Waals surface area contributed by atoms with Crippen LogP contribution in [0.15, 0.2) is 0 Å². The van der Waals surface area contributed by atoms with Crippen LogP contribution in [0.3, 0.4) is 0 Å². The molecule has 1 saturated carbocycles. The molecule has 1 aliphatic carbocycles. The third-order valence-corrected chi connectivity index (χ3v) is 3.10. The molecule has 0 heterocycles. The predicted octanol–water partition coefficient (Wildman–Crippen LogP) is 1.65. The summed E-state index contributed by atoms with van der Waals surface area (Å²) >= 11 is 0. The van der Waals surface area contributed by atoms with Gasteiger partial charge in [-0.05, 0) is 18.8 Å². The fourth-order valence-electron chi connectivity index (χ4n) is 2.18. The number of aliphatic carboxylic acids is 1. The zero-order valence-electron chi connectivity index (χ0n) is 10.0. The van der Waals surface area contributed by atoms with Crippen molar-refractivity contribution in [2.24, 2.45) is 17.8 Å². The maximum atomic E-state index is 11.8. The average molecular weight is 227 g/mol. The SMILES string of the molecule is CC(C)CNC(=O)[C@H]1CCCC[C@@H]1C(=O)O. The second-order valence-corrected chi connectivity index (χ2v) is 4.97. The molecule has 0 aromatic carbocycles. The Morgan fingerprint density at radius 3 is 2.31 bits per heavy atom. The number of carbonyl (C=O) groups excluding carboxylic acids is 1. The number of carboxylic acids is 1. The van der Waals surface area contributed by atoms with E-state index in [2.05, 4.69) is 5.32 Å². The van der Waals surface area contributed by atoms with Crippen molar-refractivity contribution in [1.82, 2.24) is 5.32 Å². The first-order valence-corrected chi connectivity index (χ1v) is 6.03.